The number of carbonyl (C=O) groups excluding carboxylic acids is 2. The minimum absolute atomic E-state index is 0.259. The lowest BCUT2D eigenvalue weighted by Gasteiger charge is -2.06. The predicted octanol–water partition coefficient (Wildman–Crippen LogP) is 3.78. The maximum absolute atomic E-state index is 11.5. The topological polar surface area (TPSA) is 61.8 Å². The molecule has 0 unspecified atom stereocenters. The summed E-state index contributed by atoms with van der Waals surface area (Å²) in [5.41, 5.74) is 0. The van der Waals surface area contributed by atoms with E-state index in [-0.39, 0.29) is 13.2 Å². The molecule has 1 aromatic rings. The third-order valence-corrected chi connectivity index (χ3v) is 3.25. The van der Waals surface area contributed by atoms with Gasteiger partial charge in [-0.2, -0.15) is 0 Å². The van der Waals surface area contributed by atoms with Gasteiger partial charge in [-0.3, -0.25) is 0 Å². The van der Waals surface area contributed by atoms with Gasteiger partial charge in [0, 0.05) is 5.02 Å². The smallest absolute Gasteiger partial charge is 0.337 e. The highest BCUT2D eigenvalue weighted by molar-refractivity contribution is 6.30. The van der Waals surface area contributed by atoms with Crippen molar-refractivity contribution < 1.29 is 23.8 Å². The lowest BCUT2D eigenvalue weighted by atomic mass is 10.2. The lowest BCUT2D eigenvalue weighted by molar-refractivity contribution is -0.152. The van der Waals surface area contributed by atoms with Crippen LogP contribution in [0.1, 0.15) is 39.0 Å². The van der Waals surface area contributed by atoms with Gasteiger partial charge in [-0.25, -0.2) is 9.59 Å². The van der Waals surface area contributed by atoms with Gasteiger partial charge in [0.2, 0.25) is 0 Å². The molecule has 0 radical (unpaired) electrons. The van der Waals surface area contributed by atoms with Gasteiger partial charge in [-0.15, -0.1) is 0 Å². The molecule has 0 saturated heterocycles. The normalized spacial score (nSPS) is 10.3. The van der Waals surface area contributed by atoms with E-state index in [0.29, 0.717) is 17.4 Å². The Morgan fingerprint density at radius 2 is 1.61 bits per heavy atom. The summed E-state index contributed by atoms with van der Waals surface area (Å²) in [6, 6.07) is 6.38. The van der Waals surface area contributed by atoms with Gasteiger partial charge in [0.1, 0.15) is 19.0 Å². The van der Waals surface area contributed by atoms with Crippen LogP contribution in [-0.4, -0.2) is 31.8 Å². The minimum Gasteiger partial charge on any atom is -0.464 e. The highest BCUT2D eigenvalue weighted by Gasteiger charge is 2.08. The van der Waals surface area contributed by atoms with Crippen molar-refractivity contribution in [1.29, 1.82) is 0 Å². The molecule has 0 aromatic heterocycles. The van der Waals surface area contributed by atoms with E-state index in [9.17, 15) is 9.59 Å². The highest BCUT2D eigenvalue weighted by atomic mass is 35.5. The molecule has 128 valence electrons. The number of benzene rings is 1. The summed E-state index contributed by atoms with van der Waals surface area (Å²) >= 11 is 5.73. The van der Waals surface area contributed by atoms with Crippen molar-refractivity contribution in [3.8, 4) is 5.75 Å². The fraction of sp³-hybridized carbons (Fsp3) is 0.529. The summed E-state index contributed by atoms with van der Waals surface area (Å²) in [5, 5.41) is 0.554. The molecule has 0 saturated carbocycles. The zero-order valence-electron chi connectivity index (χ0n) is 13.4. The molecule has 0 spiro atoms. The van der Waals surface area contributed by atoms with E-state index in [1.807, 2.05) is 0 Å². The molecular weight excluding hydrogens is 320 g/mol. The monoisotopic (exact) mass is 342 g/mol. The molecular formula is C17H23ClO5. The summed E-state index contributed by atoms with van der Waals surface area (Å²) < 4.78 is 15.0. The molecule has 0 aliphatic rings. The van der Waals surface area contributed by atoms with Crippen molar-refractivity contribution in [2.24, 2.45) is 0 Å². The molecule has 0 bridgehead atoms. The zero-order valence-corrected chi connectivity index (χ0v) is 14.1. The van der Waals surface area contributed by atoms with Gasteiger partial charge in [0.15, 0.2) is 0 Å². The summed E-state index contributed by atoms with van der Waals surface area (Å²) in [4.78, 5) is 22.9. The number of halogens is 1. The van der Waals surface area contributed by atoms with Crippen LogP contribution in [0.3, 0.4) is 0 Å². The van der Waals surface area contributed by atoms with E-state index in [1.165, 1.54) is 12.8 Å². The summed E-state index contributed by atoms with van der Waals surface area (Å²) in [6.07, 6.45) is 5.44. The van der Waals surface area contributed by atoms with Crippen LogP contribution in [0.4, 0.5) is 0 Å². The summed E-state index contributed by atoms with van der Waals surface area (Å²) in [5.74, 6) is -0.683. The van der Waals surface area contributed by atoms with E-state index >= 15 is 0 Å². The van der Waals surface area contributed by atoms with E-state index in [1.54, 1.807) is 24.3 Å². The van der Waals surface area contributed by atoms with Crippen molar-refractivity contribution in [1.82, 2.24) is 0 Å². The Bertz CT molecular complexity index is 472. The average molecular weight is 343 g/mol. The molecule has 0 fully saturated rings. The predicted molar refractivity (Wildman–Crippen MR) is 87.6 cm³/mol. The first-order valence-corrected chi connectivity index (χ1v) is 8.19. The van der Waals surface area contributed by atoms with Gasteiger partial charge in [-0.1, -0.05) is 44.2 Å². The molecule has 0 atom stereocenters. The quantitative estimate of drug-likeness (QED) is 0.348. The number of hydrogen-bond donors (Lipinski definition) is 0. The van der Waals surface area contributed by atoms with Crippen LogP contribution in [0.5, 0.6) is 5.75 Å². The number of carbonyl (C=O) groups is 2. The van der Waals surface area contributed by atoms with E-state index in [2.05, 4.69) is 6.92 Å². The number of ether oxygens (including phenoxy) is 3. The maximum Gasteiger partial charge on any atom is 0.337 e. The Labute approximate surface area is 141 Å². The minimum atomic E-state index is -0.584. The Morgan fingerprint density at radius 1 is 0.957 bits per heavy atom. The molecule has 0 aliphatic heterocycles. The van der Waals surface area contributed by atoms with Crippen molar-refractivity contribution in [3.63, 3.8) is 0 Å². The zero-order chi connectivity index (χ0) is 16.9. The van der Waals surface area contributed by atoms with Crippen LogP contribution >= 0.6 is 11.6 Å². The van der Waals surface area contributed by atoms with Crippen molar-refractivity contribution in [2.75, 3.05) is 19.8 Å². The number of esters is 2. The van der Waals surface area contributed by atoms with Crippen LogP contribution < -0.4 is 4.74 Å². The Balaban J connectivity index is 2.05. The fourth-order valence-corrected chi connectivity index (χ4v) is 1.94. The van der Waals surface area contributed by atoms with Crippen molar-refractivity contribution in [3.05, 3.63) is 29.3 Å². The maximum atomic E-state index is 11.5. The number of rotatable bonds is 11. The molecule has 0 heterocycles. The average Bonchev–Trinajstić information content (AvgIpc) is 2.53. The van der Waals surface area contributed by atoms with Gasteiger partial charge < -0.3 is 14.2 Å². The van der Waals surface area contributed by atoms with E-state index < -0.39 is 11.9 Å². The number of unbranched alkanes of at least 4 members (excludes halogenated alkanes) is 4. The largest absolute Gasteiger partial charge is 0.464 e. The first-order valence-electron chi connectivity index (χ1n) is 7.81. The third kappa shape index (κ3) is 9.92. The van der Waals surface area contributed by atoms with Crippen molar-refractivity contribution >= 4 is 23.5 Å². The number of hydrogen-bond acceptors (Lipinski definition) is 5. The summed E-state index contributed by atoms with van der Waals surface area (Å²) in [6.45, 7) is 1.97. The molecule has 6 heteroatoms. The standard InChI is InChI=1S/C17H23ClO5/c1-2-3-4-5-6-11-22-16(19)12-21-13-17(20)23-15-9-7-14(18)8-10-15/h7-10H,2-6,11-13H2,1H3. The van der Waals surface area contributed by atoms with Gasteiger partial charge in [0.25, 0.3) is 0 Å². The SMILES string of the molecule is CCCCCCCOC(=O)COCC(=O)Oc1ccc(Cl)cc1. The first kappa shape index (κ1) is 19.5. The molecule has 23 heavy (non-hydrogen) atoms. The molecule has 1 rings (SSSR count). The highest BCUT2D eigenvalue weighted by Crippen LogP contribution is 2.15. The molecule has 0 N–H and O–H groups in total. The fourth-order valence-electron chi connectivity index (χ4n) is 1.81. The molecule has 0 aliphatic carbocycles. The van der Waals surface area contributed by atoms with E-state index in [0.717, 1.165) is 19.3 Å². The van der Waals surface area contributed by atoms with Crippen LogP contribution in [0.25, 0.3) is 0 Å². The van der Waals surface area contributed by atoms with Gasteiger partial charge >= 0.3 is 11.9 Å². The Hall–Kier alpha value is -1.59. The molecule has 5 nitrogen and oxygen atoms in total. The Kier molecular flexibility index (Phi) is 10.1. The first-order chi connectivity index (χ1) is 11.1. The van der Waals surface area contributed by atoms with Crippen LogP contribution in [0.15, 0.2) is 24.3 Å². The van der Waals surface area contributed by atoms with Crippen LogP contribution in [0.2, 0.25) is 5.02 Å². The van der Waals surface area contributed by atoms with E-state index in [4.69, 9.17) is 25.8 Å². The Morgan fingerprint density at radius 3 is 2.30 bits per heavy atom. The second-order valence-electron chi connectivity index (χ2n) is 5.06. The lowest BCUT2D eigenvalue weighted by Crippen LogP contribution is -2.20. The third-order valence-electron chi connectivity index (χ3n) is 3.00. The van der Waals surface area contributed by atoms with Crippen LogP contribution in [0, 0.1) is 0 Å². The van der Waals surface area contributed by atoms with Crippen LogP contribution in [-0.2, 0) is 19.1 Å². The van der Waals surface area contributed by atoms with Gasteiger partial charge in [0.05, 0.1) is 6.61 Å². The molecule has 0 amide bonds. The second kappa shape index (κ2) is 11.9. The van der Waals surface area contributed by atoms with Crippen molar-refractivity contribution in [2.45, 2.75) is 39.0 Å². The molecule has 1 aromatic carbocycles. The summed E-state index contributed by atoms with van der Waals surface area (Å²) in [7, 11) is 0. The second-order valence-corrected chi connectivity index (χ2v) is 5.49. The van der Waals surface area contributed by atoms with Gasteiger partial charge in [-0.05, 0) is 30.7 Å².